The maximum absolute atomic E-state index is 12.5. The lowest BCUT2D eigenvalue weighted by molar-refractivity contribution is -0.394. The Hall–Kier alpha value is -2.62. The smallest absolute Gasteiger partial charge is 0.277 e. The van der Waals surface area contributed by atoms with Crippen LogP contribution in [0.3, 0.4) is 0 Å². The highest BCUT2D eigenvalue weighted by Gasteiger charge is 2.34. The van der Waals surface area contributed by atoms with E-state index in [-0.39, 0.29) is 5.56 Å². The molecule has 27 heavy (non-hydrogen) atoms. The first kappa shape index (κ1) is 20.7. The zero-order chi connectivity index (χ0) is 20.2. The Balaban J connectivity index is 2.32. The molecule has 2 aromatic carbocycles. The molecule has 1 atom stereocenters. The van der Waals surface area contributed by atoms with Gasteiger partial charge < -0.3 is 10.6 Å². The van der Waals surface area contributed by atoms with Crippen molar-refractivity contribution in [2.75, 3.05) is 5.32 Å². The van der Waals surface area contributed by atoms with E-state index in [1.165, 1.54) is 0 Å². The van der Waals surface area contributed by atoms with Crippen molar-refractivity contribution in [3.05, 3.63) is 74.3 Å². The van der Waals surface area contributed by atoms with Gasteiger partial charge in [-0.15, -0.1) is 0 Å². The van der Waals surface area contributed by atoms with E-state index in [2.05, 4.69) is 10.6 Å². The number of rotatable bonds is 6. The Bertz CT molecular complexity index is 841. The van der Waals surface area contributed by atoms with Gasteiger partial charge in [0.1, 0.15) is 6.17 Å². The summed E-state index contributed by atoms with van der Waals surface area (Å²) in [5.41, 5.74) is -1.03. The molecule has 1 amide bonds. The molecule has 0 unspecified atom stereocenters. The number of hydrogen-bond donors (Lipinski definition) is 2. The van der Waals surface area contributed by atoms with Gasteiger partial charge >= 0.3 is 0 Å². The molecule has 0 aliphatic rings. The van der Waals surface area contributed by atoms with Crippen molar-refractivity contribution < 1.29 is 14.6 Å². The average molecular weight is 434 g/mol. The number of nitro benzene ring substituents is 2. The highest BCUT2D eigenvalue weighted by Crippen LogP contribution is 2.31. The summed E-state index contributed by atoms with van der Waals surface area (Å²) in [6.07, 6.45) is -1.23. The van der Waals surface area contributed by atoms with Crippen LogP contribution in [0.4, 0.5) is 17.1 Å². The van der Waals surface area contributed by atoms with Crippen molar-refractivity contribution in [1.29, 1.82) is 0 Å². The van der Waals surface area contributed by atoms with E-state index < -0.39 is 37.1 Å². The Morgan fingerprint density at radius 2 is 1.48 bits per heavy atom. The van der Waals surface area contributed by atoms with Gasteiger partial charge in [0.15, 0.2) is 0 Å². The number of benzene rings is 2. The minimum Gasteiger partial charge on any atom is -0.362 e. The first-order chi connectivity index (χ1) is 12.6. The molecule has 12 heteroatoms. The number of hydrogen-bond acceptors (Lipinski definition) is 6. The summed E-state index contributed by atoms with van der Waals surface area (Å²) in [5, 5.41) is 27.1. The van der Waals surface area contributed by atoms with Crippen LogP contribution >= 0.6 is 34.8 Å². The summed E-state index contributed by atoms with van der Waals surface area (Å²) >= 11 is 17.6. The highest BCUT2D eigenvalue weighted by molar-refractivity contribution is 6.68. The summed E-state index contributed by atoms with van der Waals surface area (Å²) in [6, 6.07) is 11.0. The second kappa shape index (κ2) is 8.38. The summed E-state index contributed by atoms with van der Waals surface area (Å²) in [7, 11) is 0. The minimum absolute atomic E-state index is 0.329. The lowest BCUT2D eigenvalue weighted by atomic mass is 10.1. The average Bonchev–Trinajstić information content (AvgIpc) is 2.60. The SMILES string of the molecule is O=C(N[C@@H](Nc1ccccc1)C(Cl)(Cl)Cl)c1cc([N+](=O)[O-])cc([N+](=O)[O-])c1. The number of alkyl halides is 3. The van der Waals surface area contributed by atoms with Crippen LogP contribution in [0.25, 0.3) is 0 Å². The molecule has 0 aliphatic carbocycles. The third-order valence-electron chi connectivity index (χ3n) is 3.27. The molecule has 0 aliphatic heterocycles. The Morgan fingerprint density at radius 1 is 0.963 bits per heavy atom. The lowest BCUT2D eigenvalue weighted by Gasteiger charge is -2.27. The standard InChI is InChI=1S/C15H11Cl3N4O5/c16-15(17,18)14(19-10-4-2-1-3-5-10)20-13(23)9-6-11(21(24)25)8-12(7-9)22(26)27/h1-8,14,19H,(H,20,23)/t14-/m1/s1. The number of nitrogens with one attached hydrogen (secondary N) is 2. The lowest BCUT2D eigenvalue weighted by Crippen LogP contribution is -2.49. The van der Waals surface area contributed by atoms with Crippen LogP contribution in [-0.4, -0.2) is 25.7 Å². The van der Waals surface area contributed by atoms with Crippen molar-refractivity contribution in [2.24, 2.45) is 0 Å². The summed E-state index contributed by atoms with van der Waals surface area (Å²) in [5.74, 6) is -0.901. The van der Waals surface area contributed by atoms with E-state index in [1.54, 1.807) is 30.3 Å². The van der Waals surface area contributed by atoms with Gasteiger partial charge in [0.2, 0.25) is 3.79 Å². The van der Waals surface area contributed by atoms with E-state index in [0.29, 0.717) is 5.69 Å². The fourth-order valence-electron chi connectivity index (χ4n) is 2.05. The van der Waals surface area contributed by atoms with Crippen LogP contribution in [-0.2, 0) is 0 Å². The van der Waals surface area contributed by atoms with Gasteiger partial charge in [0.25, 0.3) is 17.3 Å². The molecule has 0 radical (unpaired) electrons. The van der Waals surface area contributed by atoms with E-state index in [1.807, 2.05) is 0 Å². The fraction of sp³-hybridized carbons (Fsp3) is 0.133. The van der Waals surface area contributed by atoms with E-state index in [4.69, 9.17) is 34.8 Å². The van der Waals surface area contributed by atoms with Gasteiger partial charge in [-0.3, -0.25) is 25.0 Å². The molecule has 0 bridgehead atoms. The Labute approximate surface area is 167 Å². The molecule has 2 rings (SSSR count). The van der Waals surface area contributed by atoms with Crippen molar-refractivity contribution in [2.45, 2.75) is 9.96 Å². The van der Waals surface area contributed by atoms with E-state index in [9.17, 15) is 25.0 Å². The summed E-state index contributed by atoms with van der Waals surface area (Å²) < 4.78 is -1.99. The molecule has 2 N–H and O–H groups in total. The Kier molecular flexibility index (Phi) is 6.42. The monoisotopic (exact) mass is 432 g/mol. The van der Waals surface area contributed by atoms with E-state index >= 15 is 0 Å². The topological polar surface area (TPSA) is 127 Å². The fourth-order valence-corrected chi connectivity index (χ4v) is 2.38. The molecule has 9 nitrogen and oxygen atoms in total. The Morgan fingerprint density at radius 3 is 1.93 bits per heavy atom. The summed E-state index contributed by atoms with van der Waals surface area (Å²) in [6.45, 7) is 0. The predicted molar refractivity (Wildman–Crippen MR) is 101 cm³/mol. The second-order valence-electron chi connectivity index (χ2n) is 5.21. The first-order valence-electron chi connectivity index (χ1n) is 7.21. The number of nitro groups is 2. The van der Waals surface area contributed by atoms with Gasteiger partial charge in [-0.05, 0) is 12.1 Å². The van der Waals surface area contributed by atoms with Crippen LogP contribution in [0.15, 0.2) is 48.5 Å². The van der Waals surface area contributed by atoms with Crippen molar-refractivity contribution in [3.8, 4) is 0 Å². The van der Waals surface area contributed by atoms with Crippen LogP contribution in [0.1, 0.15) is 10.4 Å². The number of halogens is 3. The zero-order valence-electron chi connectivity index (χ0n) is 13.3. The third kappa shape index (κ3) is 5.68. The number of para-hydroxylation sites is 1. The first-order valence-corrected chi connectivity index (χ1v) is 8.34. The zero-order valence-corrected chi connectivity index (χ0v) is 15.5. The molecule has 0 heterocycles. The molecule has 142 valence electrons. The molecular weight excluding hydrogens is 423 g/mol. The van der Waals surface area contributed by atoms with Gasteiger partial charge in [0, 0.05) is 17.8 Å². The van der Waals surface area contributed by atoms with Gasteiger partial charge in [-0.2, -0.15) is 0 Å². The quantitative estimate of drug-likeness (QED) is 0.306. The van der Waals surface area contributed by atoms with Crippen molar-refractivity contribution >= 4 is 57.8 Å². The number of carbonyl (C=O) groups is 1. The van der Waals surface area contributed by atoms with Crippen LogP contribution in [0.2, 0.25) is 0 Å². The highest BCUT2D eigenvalue weighted by atomic mass is 35.6. The number of amides is 1. The minimum atomic E-state index is -1.99. The molecule has 0 fully saturated rings. The number of non-ortho nitro benzene ring substituents is 2. The maximum atomic E-state index is 12.5. The van der Waals surface area contributed by atoms with Gasteiger partial charge in [-0.1, -0.05) is 53.0 Å². The summed E-state index contributed by atoms with van der Waals surface area (Å²) in [4.78, 5) is 32.7. The molecule has 0 spiro atoms. The number of anilines is 1. The number of nitrogens with zero attached hydrogens (tertiary/aromatic N) is 2. The normalized spacial score (nSPS) is 12.1. The maximum Gasteiger partial charge on any atom is 0.277 e. The molecule has 0 aromatic heterocycles. The van der Waals surface area contributed by atoms with Gasteiger partial charge in [0.05, 0.1) is 21.5 Å². The van der Waals surface area contributed by atoms with E-state index in [0.717, 1.165) is 18.2 Å². The van der Waals surface area contributed by atoms with Crippen molar-refractivity contribution in [1.82, 2.24) is 5.32 Å². The molecule has 0 saturated heterocycles. The molecular formula is C15H11Cl3N4O5. The predicted octanol–water partition coefficient (Wildman–Crippen LogP) is 4.04. The third-order valence-corrected chi connectivity index (χ3v) is 3.93. The van der Waals surface area contributed by atoms with Crippen LogP contribution in [0.5, 0.6) is 0 Å². The van der Waals surface area contributed by atoms with Crippen molar-refractivity contribution in [3.63, 3.8) is 0 Å². The molecule has 2 aromatic rings. The van der Waals surface area contributed by atoms with Crippen LogP contribution in [0, 0.1) is 20.2 Å². The molecule has 0 saturated carbocycles. The van der Waals surface area contributed by atoms with Crippen LogP contribution < -0.4 is 10.6 Å². The number of carbonyl (C=O) groups excluding carboxylic acids is 1. The van der Waals surface area contributed by atoms with Gasteiger partial charge in [-0.25, -0.2) is 0 Å². The second-order valence-corrected chi connectivity index (χ2v) is 7.58. The largest absolute Gasteiger partial charge is 0.362 e.